The predicted molar refractivity (Wildman–Crippen MR) is 56.1 cm³/mol. The van der Waals surface area contributed by atoms with Crippen LogP contribution in [0.5, 0.6) is 0 Å². The molecule has 0 aromatic carbocycles. The summed E-state index contributed by atoms with van der Waals surface area (Å²) in [6.45, 7) is 6.49. The topological polar surface area (TPSA) is 38.3 Å². The molecule has 0 atom stereocenters. The van der Waals surface area contributed by atoms with Gasteiger partial charge in [0.15, 0.2) is 0 Å². The van der Waals surface area contributed by atoms with E-state index in [1.807, 2.05) is 20.8 Å². The van der Waals surface area contributed by atoms with E-state index in [4.69, 9.17) is 4.74 Å². The van der Waals surface area contributed by atoms with Crippen LogP contribution in [0.2, 0.25) is 0 Å². The molecule has 82 valence electrons. The number of ether oxygens (including phenoxy) is 1. The second-order valence-electron chi connectivity index (χ2n) is 5.06. The van der Waals surface area contributed by atoms with Crippen molar-refractivity contribution in [1.82, 2.24) is 5.32 Å². The number of hydrogen-bond acceptors (Lipinski definition) is 3. The molecule has 0 bridgehead atoms. The quantitative estimate of drug-likeness (QED) is 0.555. The van der Waals surface area contributed by atoms with Gasteiger partial charge in [0.25, 0.3) is 0 Å². The second kappa shape index (κ2) is 4.41. The number of carbonyl (C=O) groups excluding carboxylic acids is 1. The average Bonchev–Trinajstić information content (AvgIpc) is 2.52. The lowest BCUT2D eigenvalue weighted by atomic mass is 10.0. The van der Waals surface area contributed by atoms with Crippen LogP contribution >= 0.6 is 0 Å². The number of hydrogen-bond donors (Lipinski definition) is 1. The molecule has 1 aliphatic rings. The molecule has 1 N–H and O–H groups in total. The van der Waals surface area contributed by atoms with Crippen molar-refractivity contribution in [2.24, 2.45) is 0 Å². The number of nitrogens with one attached hydrogen (secondary N) is 1. The first-order valence-corrected chi connectivity index (χ1v) is 5.33. The highest BCUT2D eigenvalue weighted by molar-refractivity contribution is 5.64. The Morgan fingerprint density at radius 1 is 1.36 bits per heavy atom. The Morgan fingerprint density at radius 2 is 1.93 bits per heavy atom. The van der Waals surface area contributed by atoms with Crippen LogP contribution in [0.1, 0.15) is 46.5 Å². The Hall–Kier alpha value is -0.410. The van der Waals surface area contributed by atoms with E-state index in [-0.39, 0.29) is 11.1 Å². The van der Waals surface area contributed by atoms with E-state index in [9.17, 15) is 4.79 Å². The van der Waals surface area contributed by atoms with E-state index in [2.05, 4.69) is 5.32 Å². The molecule has 0 aromatic heterocycles. The third kappa shape index (κ3) is 3.39. The maximum Gasteiger partial charge on any atom is 0.140 e. The maximum absolute atomic E-state index is 11.0. The lowest BCUT2D eigenvalue weighted by Gasteiger charge is -2.27. The standard InChI is InChI=1S/C11H21NO2/c1-10(2,3)14-9-12-11(8-13)6-4-5-7-11/h8,12H,4-7,9H2,1-3H3. The molecule has 14 heavy (non-hydrogen) atoms. The van der Waals surface area contributed by atoms with E-state index in [0.29, 0.717) is 6.73 Å². The van der Waals surface area contributed by atoms with Crippen molar-refractivity contribution in [3.8, 4) is 0 Å². The molecule has 0 heterocycles. The minimum Gasteiger partial charge on any atom is -0.361 e. The molecule has 0 spiro atoms. The average molecular weight is 199 g/mol. The Kier molecular flexibility index (Phi) is 3.67. The predicted octanol–water partition coefficient (Wildman–Crippen LogP) is 1.86. The van der Waals surface area contributed by atoms with E-state index >= 15 is 0 Å². The summed E-state index contributed by atoms with van der Waals surface area (Å²) in [5.41, 5.74) is -0.444. The summed E-state index contributed by atoms with van der Waals surface area (Å²) >= 11 is 0. The number of rotatable bonds is 4. The fraction of sp³-hybridized carbons (Fsp3) is 0.909. The smallest absolute Gasteiger partial charge is 0.140 e. The Balaban J connectivity index is 2.31. The van der Waals surface area contributed by atoms with Gasteiger partial charge in [-0.25, -0.2) is 0 Å². The largest absolute Gasteiger partial charge is 0.361 e. The highest BCUT2D eigenvalue weighted by Crippen LogP contribution is 2.27. The third-order valence-electron chi connectivity index (χ3n) is 2.65. The van der Waals surface area contributed by atoms with Crippen molar-refractivity contribution < 1.29 is 9.53 Å². The van der Waals surface area contributed by atoms with E-state index in [1.165, 1.54) is 0 Å². The second-order valence-corrected chi connectivity index (χ2v) is 5.06. The summed E-state index contributed by atoms with van der Waals surface area (Å²) in [5, 5.41) is 3.21. The molecular formula is C11H21NO2. The molecule has 0 unspecified atom stereocenters. The van der Waals surface area contributed by atoms with Crippen LogP contribution in [0.3, 0.4) is 0 Å². The molecule has 1 aliphatic carbocycles. The molecule has 0 radical (unpaired) electrons. The molecule has 0 aromatic rings. The van der Waals surface area contributed by atoms with E-state index in [0.717, 1.165) is 32.0 Å². The van der Waals surface area contributed by atoms with Crippen LogP contribution < -0.4 is 5.32 Å². The van der Waals surface area contributed by atoms with E-state index < -0.39 is 0 Å². The molecule has 1 saturated carbocycles. The van der Waals surface area contributed by atoms with Gasteiger partial charge in [-0.2, -0.15) is 0 Å². The lowest BCUT2D eigenvalue weighted by molar-refractivity contribution is -0.115. The highest BCUT2D eigenvalue weighted by Gasteiger charge is 2.33. The fourth-order valence-corrected chi connectivity index (χ4v) is 1.74. The minimum atomic E-state index is -0.300. The van der Waals surface area contributed by atoms with Crippen molar-refractivity contribution in [1.29, 1.82) is 0 Å². The monoisotopic (exact) mass is 199 g/mol. The lowest BCUT2D eigenvalue weighted by Crippen LogP contribution is -2.46. The zero-order chi connectivity index (χ0) is 10.7. The first kappa shape index (κ1) is 11.7. The zero-order valence-corrected chi connectivity index (χ0v) is 9.43. The van der Waals surface area contributed by atoms with Crippen LogP contribution in [-0.2, 0) is 9.53 Å². The summed E-state index contributed by atoms with van der Waals surface area (Å²) in [6, 6.07) is 0. The van der Waals surface area contributed by atoms with Gasteiger partial charge in [-0.05, 0) is 33.6 Å². The van der Waals surface area contributed by atoms with Gasteiger partial charge in [0.1, 0.15) is 6.29 Å². The van der Waals surface area contributed by atoms with Crippen LogP contribution in [-0.4, -0.2) is 24.2 Å². The van der Waals surface area contributed by atoms with Gasteiger partial charge in [-0.3, -0.25) is 5.32 Å². The van der Waals surface area contributed by atoms with Gasteiger partial charge in [-0.1, -0.05) is 12.8 Å². The summed E-state index contributed by atoms with van der Waals surface area (Å²) in [6.07, 6.45) is 5.22. The fourth-order valence-electron chi connectivity index (χ4n) is 1.74. The summed E-state index contributed by atoms with van der Waals surface area (Å²) in [4.78, 5) is 11.0. The van der Waals surface area contributed by atoms with Crippen LogP contribution in [0.25, 0.3) is 0 Å². The molecule has 3 heteroatoms. The molecule has 1 rings (SSSR count). The highest BCUT2D eigenvalue weighted by atomic mass is 16.5. The van der Waals surface area contributed by atoms with E-state index in [1.54, 1.807) is 0 Å². The maximum atomic E-state index is 11.0. The first-order valence-electron chi connectivity index (χ1n) is 5.33. The first-order chi connectivity index (χ1) is 6.47. The summed E-state index contributed by atoms with van der Waals surface area (Å²) in [5.74, 6) is 0. The Morgan fingerprint density at radius 3 is 2.36 bits per heavy atom. The third-order valence-corrected chi connectivity index (χ3v) is 2.65. The molecule has 0 saturated heterocycles. The minimum absolute atomic E-state index is 0.143. The van der Waals surface area contributed by atoms with Crippen molar-refractivity contribution in [3.05, 3.63) is 0 Å². The van der Waals surface area contributed by atoms with Crippen LogP contribution in [0, 0.1) is 0 Å². The SMILES string of the molecule is CC(C)(C)OCNC1(C=O)CCCC1. The van der Waals surface area contributed by atoms with Crippen LogP contribution in [0.15, 0.2) is 0 Å². The van der Waals surface area contributed by atoms with Crippen molar-refractivity contribution in [3.63, 3.8) is 0 Å². The molecule has 0 aliphatic heterocycles. The Bertz CT molecular complexity index is 190. The zero-order valence-electron chi connectivity index (χ0n) is 9.43. The Labute approximate surface area is 86.2 Å². The molecule has 1 fully saturated rings. The molecular weight excluding hydrogens is 178 g/mol. The van der Waals surface area contributed by atoms with Crippen molar-refractivity contribution in [2.45, 2.75) is 57.6 Å². The van der Waals surface area contributed by atoms with Gasteiger partial charge in [0, 0.05) is 0 Å². The summed E-state index contributed by atoms with van der Waals surface area (Å²) in [7, 11) is 0. The normalized spacial score (nSPS) is 21.1. The summed E-state index contributed by atoms with van der Waals surface area (Å²) < 4.78 is 5.55. The van der Waals surface area contributed by atoms with Crippen LogP contribution in [0.4, 0.5) is 0 Å². The van der Waals surface area contributed by atoms with Gasteiger partial charge in [-0.15, -0.1) is 0 Å². The van der Waals surface area contributed by atoms with Gasteiger partial charge < -0.3 is 9.53 Å². The molecule has 0 amide bonds. The number of carbonyl (C=O) groups is 1. The van der Waals surface area contributed by atoms with Crippen molar-refractivity contribution >= 4 is 6.29 Å². The number of aldehydes is 1. The van der Waals surface area contributed by atoms with Crippen molar-refractivity contribution in [2.75, 3.05) is 6.73 Å². The van der Waals surface area contributed by atoms with Gasteiger partial charge >= 0.3 is 0 Å². The molecule has 3 nitrogen and oxygen atoms in total. The van der Waals surface area contributed by atoms with Gasteiger partial charge in [0.05, 0.1) is 17.9 Å². The van der Waals surface area contributed by atoms with Gasteiger partial charge in [0.2, 0.25) is 0 Å².